The van der Waals surface area contributed by atoms with Crippen LogP contribution < -0.4 is 5.32 Å². The molecule has 1 aliphatic carbocycles. The van der Waals surface area contributed by atoms with Gasteiger partial charge in [0.15, 0.2) is 0 Å². The third kappa shape index (κ3) is 4.22. The summed E-state index contributed by atoms with van der Waals surface area (Å²) in [6.07, 6.45) is 7.58. The van der Waals surface area contributed by atoms with Crippen LogP contribution in [-0.2, 0) is 4.79 Å². The van der Waals surface area contributed by atoms with Gasteiger partial charge in [-0.05, 0) is 31.9 Å². The van der Waals surface area contributed by atoms with Crippen LogP contribution in [0.15, 0.2) is 0 Å². The molecule has 1 amide bonds. The number of rotatable bonds is 4. The summed E-state index contributed by atoms with van der Waals surface area (Å²) in [5, 5.41) is 4.67. The fraction of sp³-hybridized carbons (Fsp3) is 0.900. The van der Waals surface area contributed by atoms with Crippen molar-refractivity contribution < 1.29 is 4.79 Å². The quantitative estimate of drug-likeness (QED) is 0.802. The topological polar surface area (TPSA) is 29.1 Å². The van der Waals surface area contributed by atoms with E-state index in [4.69, 9.17) is 0 Å². The number of hydrogen-bond acceptors (Lipinski definition) is 2. The molecule has 4 heteroatoms. The fourth-order valence-corrected chi connectivity index (χ4v) is 2.93. The number of thioether (sulfide) groups is 1. The van der Waals surface area contributed by atoms with Crippen LogP contribution in [0.25, 0.3) is 0 Å². The molecule has 1 saturated carbocycles. The average Bonchev–Trinajstić information content (AvgIpc) is 2.19. The fourth-order valence-electron chi connectivity index (χ4n) is 1.83. The van der Waals surface area contributed by atoms with Crippen molar-refractivity contribution >= 4 is 33.6 Å². The Morgan fingerprint density at radius 2 is 2.07 bits per heavy atom. The minimum Gasteiger partial charge on any atom is -0.353 e. The highest BCUT2D eigenvalue weighted by molar-refractivity contribution is 9.09. The summed E-state index contributed by atoms with van der Waals surface area (Å²) in [4.78, 5) is 11.3. The summed E-state index contributed by atoms with van der Waals surface area (Å²) < 4.78 is 0. The molecule has 0 saturated heterocycles. The van der Waals surface area contributed by atoms with Gasteiger partial charge in [0, 0.05) is 23.0 Å². The number of carbonyl (C=O) groups excluding carboxylic acids is 1. The Kier molecular flexibility index (Phi) is 5.94. The standard InChI is InChI=1S/C10H18BrNOS/c1-14-9-4-2-8(3-5-9)12-10(13)6-7-11/h8-9H,2-7H2,1H3,(H,12,13). The second-order valence-corrected chi connectivity index (χ2v) is 5.65. The molecule has 0 aromatic heterocycles. The zero-order valence-electron chi connectivity index (χ0n) is 8.59. The van der Waals surface area contributed by atoms with Gasteiger partial charge in [0.25, 0.3) is 0 Å². The van der Waals surface area contributed by atoms with Crippen molar-refractivity contribution in [3.8, 4) is 0 Å². The third-order valence-corrected chi connectivity index (χ3v) is 4.23. The van der Waals surface area contributed by atoms with Gasteiger partial charge in [-0.2, -0.15) is 11.8 Å². The van der Waals surface area contributed by atoms with Gasteiger partial charge in [-0.3, -0.25) is 4.79 Å². The number of hydrogen-bond donors (Lipinski definition) is 1. The van der Waals surface area contributed by atoms with Gasteiger partial charge in [0.05, 0.1) is 0 Å². The number of carbonyl (C=O) groups is 1. The van der Waals surface area contributed by atoms with Crippen LogP contribution in [0.4, 0.5) is 0 Å². The van der Waals surface area contributed by atoms with Gasteiger partial charge in [-0.15, -0.1) is 0 Å². The summed E-state index contributed by atoms with van der Waals surface area (Å²) in [7, 11) is 0. The smallest absolute Gasteiger partial charge is 0.221 e. The van der Waals surface area contributed by atoms with Crippen molar-refractivity contribution in [1.29, 1.82) is 0 Å². The van der Waals surface area contributed by atoms with Gasteiger partial charge in [-0.25, -0.2) is 0 Å². The summed E-state index contributed by atoms with van der Waals surface area (Å²) in [5.74, 6) is 0.189. The van der Waals surface area contributed by atoms with Crippen molar-refractivity contribution in [2.45, 2.75) is 43.4 Å². The van der Waals surface area contributed by atoms with Crippen molar-refractivity contribution in [2.24, 2.45) is 0 Å². The molecule has 0 bridgehead atoms. The lowest BCUT2D eigenvalue weighted by molar-refractivity contribution is -0.121. The van der Waals surface area contributed by atoms with Crippen LogP contribution in [0.2, 0.25) is 0 Å². The Labute approximate surface area is 98.7 Å². The van der Waals surface area contributed by atoms with Crippen molar-refractivity contribution in [2.75, 3.05) is 11.6 Å². The summed E-state index contributed by atoms with van der Waals surface area (Å²) in [5.41, 5.74) is 0. The Morgan fingerprint density at radius 3 is 2.57 bits per heavy atom. The highest BCUT2D eigenvalue weighted by Crippen LogP contribution is 2.26. The first-order chi connectivity index (χ1) is 6.76. The summed E-state index contributed by atoms with van der Waals surface area (Å²) in [6, 6.07) is 0.435. The molecule has 2 nitrogen and oxygen atoms in total. The second kappa shape index (κ2) is 6.72. The van der Waals surface area contributed by atoms with Gasteiger partial charge in [0.2, 0.25) is 5.91 Å². The largest absolute Gasteiger partial charge is 0.353 e. The van der Waals surface area contributed by atoms with E-state index in [2.05, 4.69) is 27.5 Å². The van der Waals surface area contributed by atoms with Gasteiger partial charge in [-0.1, -0.05) is 15.9 Å². The van der Waals surface area contributed by atoms with E-state index in [-0.39, 0.29) is 5.91 Å². The first-order valence-corrected chi connectivity index (χ1v) is 7.55. The molecule has 0 atom stereocenters. The van der Waals surface area contributed by atoms with Gasteiger partial charge < -0.3 is 5.32 Å². The SMILES string of the molecule is CSC1CCC(NC(=O)CCBr)CC1. The highest BCUT2D eigenvalue weighted by Gasteiger charge is 2.21. The number of nitrogens with one attached hydrogen (secondary N) is 1. The first-order valence-electron chi connectivity index (χ1n) is 5.14. The number of amides is 1. The van der Waals surface area contributed by atoms with E-state index < -0.39 is 0 Å². The molecule has 1 fully saturated rings. The lowest BCUT2D eigenvalue weighted by Crippen LogP contribution is -2.38. The highest BCUT2D eigenvalue weighted by atomic mass is 79.9. The van der Waals surface area contributed by atoms with Crippen molar-refractivity contribution in [1.82, 2.24) is 5.32 Å². The summed E-state index contributed by atoms with van der Waals surface area (Å²) in [6.45, 7) is 0. The molecular weight excluding hydrogens is 262 g/mol. The number of halogens is 1. The van der Waals surface area contributed by atoms with Crippen LogP contribution in [-0.4, -0.2) is 28.8 Å². The van der Waals surface area contributed by atoms with E-state index in [1.165, 1.54) is 12.8 Å². The van der Waals surface area contributed by atoms with E-state index in [0.717, 1.165) is 23.4 Å². The maximum atomic E-state index is 11.3. The molecule has 0 spiro atoms. The molecule has 0 aromatic rings. The Bertz CT molecular complexity index is 181. The lowest BCUT2D eigenvalue weighted by atomic mass is 9.95. The van der Waals surface area contributed by atoms with Crippen molar-refractivity contribution in [3.05, 3.63) is 0 Å². The average molecular weight is 280 g/mol. The first kappa shape index (κ1) is 12.4. The van der Waals surface area contributed by atoms with Crippen LogP contribution in [0.1, 0.15) is 32.1 Å². The Morgan fingerprint density at radius 1 is 1.43 bits per heavy atom. The zero-order valence-corrected chi connectivity index (χ0v) is 11.0. The van der Waals surface area contributed by atoms with Crippen LogP contribution in [0.5, 0.6) is 0 Å². The Hall–Kier alpha value is 0.300. The number of alkyl halides is 1. The molecule has 1 aliphatic rings. The van der Waals surface area contributed by atoms with Crippen LogP contribution >= 0.6 is 27.7 Å². The van der Waals surface area contributed by atoms with Crippen LogP contribution in [0, 0.1) is 0 Å². The third-order valence-electron chi connectivity index (χ3n) is 2.69. The lowest BCUT2D eigenvalue weighted by Gasteiger charge is -2.27. The minimum absolute atomic E-state index is 0.189. The van der Waals surface area contributed by atoms with E-state index in [1.54, 1.807) is 0 Å². The second-order valence-electron chi connectivity index (χ2n) is 3.72. The minimum atomic E-state index is 0.189. The maximum Gasteiger partial charge on any atom is 0.221 e. The van der Waals surface area contributed by atoms with Gasteiger partial charge >= 0.3 is 0 Å². The molecule has 82 valence electrons. The monoisotopic (exact) mass is 279 g/mol. The van der Waals surface area contributed by atoms with Crippen LogP contribution in [0.3, 0.4) is 0 Å². The Balaban J connectivity index is 2.18. The van der Waals surface area contributed by atoms with E-state index in [0.29, 0.717) is 12.5 Å². The molecule has 14 heavy (non-hydrogen) atoms. The van der Waals surface area contributed by atoms with Gasteiger partial charge in [0.1, 0.15) is 0 Å². The predicted molar refractivity (Wildman–Crippen MR) is 66.1 cm³/mol. The van der Waals surface area contributed by atoms with E-state index >= 15 is 0 Å². The zero-order chi connectivity index (χ0) is 10.4. The normalized spacial score (nSPS) is 27.3. The van der Waals surface area contributed by atoms with E-state index in [9.17, 15) is 4.79 Å². The summed E-state index contributed by atoms with van der Waals surface area (Å²) >= 11 is 5.23. The molecule has 0 heterocycles. The molecule has 0 aliphatic heterocycles. The maximum absolute atomic E-state index is 11.3. The molecular formula is C10H18BrNOS. The molecule has 1 rings (SSSR count). The van der Waals surface area contributed by atoms with E-state index in [1.807, 2.05) is 11.8 Å². The molecule has 0 aromatic carbocycles. The molecule has 0 unspecified atom stereocenters. The predicted octanol–water partition coefficient (Wildman–Crippen LogP) is 2.56. The van der Waals surface area contributed by atoms with Crippen molar-refractivity contribution in [3.63, 3.8) is 0 Å². The molecule has 0 radical (unpaired) electrons. The molecule has 1 N–H and O–H groups in total.